The van der Waals surface area contributed by atoms with Crippen molar-refractivity contribution in [3.05, 3.63) is 12.2 Å². The second kappa shape index (κ2) is 5.42. The fraction of sp³-hybridized carbons (Fsp3) is 0.864. The summed E-state index contributed by atoms with van der Waals surface area (Å²) in [5.41, 5.74) is 0.561. The average molecular weight is 360 g/mol. The molecule has 2 N–H and O–H groups in total. The van der Waals surface area contributed by atoms with E-state index in [1.807, 2.05) is 0 Å². The lowest BCUT2D eigenvalue weighted by atomic mass is 9.34. The predicted octanol–water partition coefficient (Wildman–Crippen LogP) is 2.39. The number of carbonyl (C=O) groups excluding carboxylic acids is 1. The topological polar surface area (TPSA) is 60.8 Å². The zero-order chi connectivity index (χ0) is 18.3. The number of likely N-dealkylation sites (tertiary alicyclic amines) is 1. The van der Waals surface area contributed by atoms with Crippen LogP contribution in [0.5, 0.6) is 0 Å². The van der Waals surface area contributed by atoms with Crippen LogP contribution < -0.4 is 0 Å². The van der Waals surface area contributed by atoms with Crippen molar-refractivity contribution in [3.63, 3.8) is 0 Å². The summed E-state index contributed by atoms with van der Waals surface area (Å²) in [4.78, 5) is 15.8. The number of hydrogen-bond acceptors (Lipinski definition) is 4. The molecular formula is C22H33NO3. The van der Waals surface area contributed by atoms with Crippen molar-refractivity contribution in [2.24, 2.45) is 34.0 Å². The van der Waals surface area contributed by atoms with E-state index in [0.29, 0.717) is 17.8 Å². The minimum absolute atomic E-state index is 0.134. The molecule has 0 aromatic heterocycles. The van der Waals surface area contributed by atoms with Crippen molar-refractivity contribution >= 4 is 5.78 Å². The summed E-state index contributed by atoms with van der Waals surface area (Å²) >= 11 is 0. The van der Waals surface area contributed by atoms with E-state index in [9.17, 15) is 15.0 Å². The zero-order valence-corrected chi connectivity index (χ0v) is 16.0. The molecule has 1 spiro atoms. The van der Waals surface area contributed by atoms with E-state index < -0.39 is 11.5 Å². The normalized spacial score (nSPS) is 53.3. The van der Waals surface area contributed by atoms with Gasteiger partial charge in [-0.2, -0.15) is 0 Å². The molecule has 1 heterocycles. The molecule has 0 aromatic rings. The van der Waals surface area contributed by atoms with E-state index >= 15 is 0 Å². The van der Waals surface area contributed by atoms with E-state index in [4.69, 9.17) is 0 Å². The largest absolute Gasteiger partial charge is 0.395 e. The number of nitrogens with zero attached hydrogens (tertiary/aromatic N) is 1. The molecule has 26 heavy (non-hydrogen) atoms. The first kappa shape index (κ1) is 17.4. The number of aliphatic hydroxyl groups is 2. The predicted molar refractivity (Wildman–Crippen MR) is 99.4 cm³/mol. The third-order valence-corrected chi connectivity index (χ3v) is 9.45. The van der Waals surface area contributed by atoms with Crippen molar-refractivity contribution in [2.75, 3.05) is 26.2 Å². The Hall–Kier alpha value is -0.710. The molecule has 4 bridgehead atoms. The fourth-order valence-corrected chi connectivity index (χ4v) is 8.58. The molecule has 6 aliphatic rings. The molecular weight excluding hydrogens is 326 g/mol. The molecule has 4 heteroatoms. The highest BCUT2D eigenvalue weighted by molar-refractivity contribution is 6.02. The van der Waals surface area contributed by atoms with Crippen molar-refractivity contribution in [1.82, 2.24) is 4.90 Å². The van der Waals surface area contributed by atoms with Crippen molar-refractivity contribution in [1.29, 1.82) is 0 Å². The molecule has 6 fully saturated rings. The molecule has 5 saturated carbocycles. The van der Waals surface area contributed by atoms with E-state index in [-0.39, 0.29) is 23.2 Å². The van der Waals surface area contributed by atoms with Crippen LogP contribution in [0.1, 0.15) is 51.9 Å². The Bertz CT molecular complexity index is 662. The maximum atomic E-state index is 13.4. The number of rotatable bonds is 2. The van der Waals surface area contributed by atoms with Gasteiger partial charge in [0.25, 0.3) is 0 Å². The summed E-state index contributed by atoms with van der Waals surface area (Å²) in [7, 11) is 0. The molecule has 0 amide bonds. The third-order valence-electron chi connectivity index (χ3n) is 9.45. The van der Waals surface area contributed by atoms with E-state index in [1.54, 1.807) is 0 Å². The number of aliphatic hydroxyl groups excluding tert-OH is 2. The highest BCUT2D eigenvalue weighted by atomic mass is 16.3. The van der Waals surface area contributed by atoms with Gasteiger partial charge in [0.15, 0.2) is 5.78 Å². The number of Topliss-reactive ketones (excluding diaryl/α,β-unsaturated/α-hetero) is 1. The van der Waals surface area contributed by atoms with Gasteiger partial charge in [0, 0.05) is 19.6 Å². The monoisotopic (exact) mass is 359 g/mol. The van der Waals surface area contributed by atoms with Crippen molar-refractivity contribution < 1.29 is 15.0 Å². The van der Waals surface area contributed by atoms with Gasteiger partial charge in [0.05, 0.1) is 18.1 Å². The Morgan fingerprint density at radius 2 is 2.00 bits per heavy atom. The molecule has 1 aliphatic heterocycles. The Labute approximate surface area is 156 Å². The highest BCUT2D eigenvalue weighted by Gasteiger charge is 2.72. The van der Waals surface area contributed by atoms with Crippen LogP contribution in [0.4, 0.5) is 0 Å². The minimum atomic E-state index is -0.567. The Kier molecular flexibility index (Phi) is 3.63. The third kappa shape index (κ3) is 1.89. The fourth-order valence-electron chi connectivity index (χ4n) is 8.58. The van der Waals surface area contributed by atoms with Gasteiger partial charge < -0.3 is 10.2 Å². The van der Waals surface area contributed by atoms with Crippen LogP contribution in [0.25, 0.3) is 0 Å². The van der Waals surface area contributed by atoms with Gasteiger partial charge in [-0.1, -0.05) is 19.9 Å². The van der Waals surface area contributed by atoms with Crippen LogP contribution in [0.2, 0.25) is 0 Å². The number of carbonyl (C=O) groups is 1. The van der Waals surface area contributed by atoms with Crippen molar-refractivity contribution in [3.8, 4) is 0 Å². The maximum absolute atomic E-state index is 13.4. The number of fused-ring (bicyclic) bond motifs is 2. The van der Waals surface area contributed by atoms with E-state index in [2.05, 4.69) is 18.4 Å². The first-order chi connectivity index (χ1) is 12.4. The number of piperidine rings is 1. The lowest BCUT2D eigenvalue weighted by Gasteiger charge is -2.72. The van der Waals surface area contributed by atoms with Gasteiger partial charge >= 0.3 is 0 Å². The van der Waals surface area contributed by atoms with Gasteiger partial charge in [0.2, 0.25) is 0 Å². The first-order valence-electron chi connectivity index (χ1n) is 10.6. The van der Waals surface area contributed by atoms with Crippen LogP contribution in [-0.2, 0) is 4.79 Å². The van der Waals surface area contributed by atoms with Gasteiger partial charge in [-0.05, 0) is 72.7 Å². The van der Waals surface area contributed by atoms with Gasteiger partial charge in [-0.25, -0.2) is 0 Å². The van der Waals surface area contributed by atoms with Gasteiger partial charge in [-0.15, -0.1) is 0 Å². The van der Waals surface area contributed by atoms with E-state index in [1.165, 1.54) is 19.3 Å². The van der Waals surface area contributed by atoms with Crippen LogP contribution in [0, 0.1) is 34.0 Å². The average Bonchev–Trinajstić information content (AvgIpc) is 2.60. The maximum Gasteiger partial charge on any atom is 0.167 e. The minimum Gasteiger partial charge on any atom is -0.395 e. The van der Waals surface area contributed by atoms with Gasteiger partial charge in [-0.3, -0.25) is 9.69 Å². The molecule has 0 aromatic carbocycles. The Balaban J connectivity index is 1.64. The molecule has 5 aliphatic carbocycles. The molecule has 3 unspecified atom stereocenters. The smallest absolute Gasteiger partial charge is 0.167 e. The SMILES string of the molecule is C=C1C(=O)C23CC[C@H]1CC2[C@@]12CCC[C@@](C)(CN(CCO)C1)C2C[C@H]3O. The highest BCUT2D eigenvalue weighted by Crippen LogP contribution is 2.72. The standard InChI is InChI=1S/C22H33NO3/c1-14-15-4-7-22(19(14)26)17(10-15)21-6-3-5-20(2,16(21)11-18(22)25)12-23(13-21)8-9-24/h15-18,24-25H,1,3-13H2,2H3/t15-,16?,17?,18+,20-,21-,22?/m0/s1. The number of hydrogen-bond donors (Lipinski definition) is 2. The molecule has 144 valence electrons. The summed E-state index contributed by atoms with van der Waals surface area (Å²) in [6.07, 6.45) is 6.83. The Morgan fingerprint density at radius 1 is 1.19 bits per heavy atom. The Morgan fingerprint density at radius 3 is 2.77 bits per heavy atom. The summed E-state index contributed by atoms with van der Waals surface area (Å²) in [6, 6.07) is 0. The lowest BCUT2D eigenvalue weighted by Crippen LogP contribution is -2.73. The van der Waals surface area contributed by atoms with Crippen LogP contribution in [0.15, 0.2) is 12.2 Å². The molecule has 6 rings (SSSR count). The molecule has 1 saturated heterocycles. The quantitative estimate of drug-likeness (QED) is 0.743. The second-order valence-corrected chi connectivity index (χ2v) is 10.4. The molecule has 4 nitrogen and oxygen atoms in total. The molecule has 0 radical (unpaired) electrons. The number of β-amino-alcohol motifs (C(OH)–C–C–N with tert-alkyl or cyclic N) is 1. The second-order valence-electron chi connectivity index (χ2n) is 10.4. The lowest BCUT2D eigenvalue weighted by molar-refractivity contribution is -0.245. The summed E-state index contributed by atoms with van der Waals surface area (Å²) in [5.74, 6) is 1.32. The summed E-state index contributed by atoms with van der Waals surface area (Å²) in [6.45, 7) is 9.50. The van der Waals surface area contributed by atoms with Crippen LogP contribution >= 0.6 is 0 Å². The zero-order valence-electron chi connectivity index (χ0n) is 16.0. The van der Waals surface area contributed by atoms with E-state index in [0.717, 1.165) is 50.9 Å². The van der Waals surface area contributed by atoms with Crippen LogP contribution in [0.3, 0.4) is 0 Å². The van der Waals surface area contributed by atoms with Crippen LogP contribution in [-0.4, -0.2) is 53.2 Å². The summed E-state index contributed by atoms with van der Waals surface area (Å²) < 4.78 is 0. The van der Waals surface area contributed by atoms with Crippen molar-refractivity contribution in [2.45, 2.75) is 58.0 Å². The summed E-state index contributed by atoms with van der Waals surface area (Å²) in [5, 5.41) is 20.9. The number of allylic oxidation sites excluding steroid dienone is 1. The molecule has 7 atom stereocenters. The van der Waals surface area contributed by atoms with Gasteiger partial charge in [0.1, 0.15) is 0 Å². The first-order valence-corrected chi connectivity index (χ1v) is 10.6. The number of ketones is 1.